The minimum atomic E-state index is 1.04. The van der Waals surface area contributed by atoms with Crippen LogP contribution in [0.1, 0.15) is 23.6 Å². The van der Waals surface area contributed by atoms with Crippen LogP contribution in [0.5, 0.6) is 0 Å². The SMILES string of the molecule is CCc1cccc2nc(-c3cc(C)cc(C)c3)ccc12. The maximum absolute atomic E-state index is 4.84. The molecular weight excluding hydrogens is 242 g/mol. The van der Waals surface area contributed by atoms with Crippen LogP contribution < -0.4 is 0 Å². The van der Waals surface area contributed by atoms with Crippen molar-refractivity contribution in [2.75, 3.05) is 0 Å². The van der Waals surface area contributed by atoms with E-state index < -0.39 is 0 Å². The van der Waals surface area contributed by atoms with Crippen molar-refractivity contribution in [1.29, 1.82) is 0 Å². The summed E-state index contributed by atoms with van der Waals surface area (Å²) in [6, 6.07) is 17.3. The lowest BCUT2D eigenvalue weighted by Gasteiger charge is -2.08. The van der Waals surface area contributed by atoms with E-state index in [2.05, 4.69) is 69.3 Å². The minimum Gasteiger partial charge on any atom is -0.248 e. The van der Waals surface area contributed by atoms with Crippen LogP contribution in [-0.4, -0.2) is 4.98 Å². The van der Waals surface area contributed by atoms with Crippen molar-refractivity contribution < 1.29 is 0 Å². The van der Waals surface area contributed by atoms with Crippen molar-refractivity contribution in [2.45, 2.75) is 27.2 Å². The van der Waals surface area contributed by atoms with E-state index in [0.717, 1.165) is 17.6 Å². The molecule has 1 heterocycles. The Kier molecular flexibility index (Phi) is 3.27. The Morgan fingerprint density at radius 1 is 0.900 bits per heavy atom. The van der Waals surface area contributed by atoms with Crippen molar-refractivity contribution in [1.82, 2.24) is 4.98 Å². The minimum absolute atomic E-state index is 1.04. The van der Waals surface area contributed by atoms with Crippen LogP contribution >= 0.6 is 0 Å². The van der Waals surface area contributed by atoms with E-state index in [4.69, 9.17) is 4.98 Å². The molecule has 1 nitrogen and oxygen atoms in total. The van der Waals surface area contributed by atoms with Crippen LogP contribution in [0.3, 0.4) is 0 Å². The number of aromatic nitrogens is 1. The van der Waals surface area contributed by atoms with E-state index in [9.17, 15) is 0 Å². The summed E-state index contributed by atoms with van der Waals surface area (Å²) in [5, 5.41) is 1.27. The van der Waals surface area contributed by atoms with E-state index in [-0.39, 0.29) is 0 Å². The Bertz CT molecular complexity index is 752. The summed E-state index contributed by atoms with van der Waals surface area (Å²) in [4.78, 5) is 4.84. The van der Waals surface area contributed by atoms with Gasteiger partial charge in [-0.3, -0.25) is 0 Å². The van der Waals surface area contributed by atoms with Crippen LogP contribution in [0.25, 0.3) is 22.2 Å². The van der Waals surface area contributed by atoms with Gasteiger partial charge in [0.2, 0.25) is 0 Å². The highest BCUT2D eigenvalue weighted by atomic mass is 14.7. The zero-order valence-electron chi connectivity index (χ0n) is 12.3. The number of fused-ring (bicyclic) bond motifs is 1. The molecule has 0 radical (unpaired) electrons. The first-order chi connectivity index (χ1) is 9.67. The van der Waals surface area contributed by atoms with Gasteiger partial charge in [0.1, 0.15) is 0 Å². The van der Waals surface area contributed by atoms with Gasteiger partial charge in [0.25, 0.3) is 0 Å². The molecule has 2 aromatic carbocycles. The Morgan fingerprint density at radius 3 is 2.35 bits per heavy atom. The Hall–Kier alpha value is -2.15. The van der Waals surface area contributed by atoms with Crippen molar-refractivity contribution in [2.24, 2.45) is 0 Å². The van der Waals surface area contributed by atoms with Gasteiger partial charge < -0.3 is 0 Å². The van der Waals surface area contributed by atoms with Gasteiger partial charge in [-0.1, -0.05) is 42.3 Å². The van der Waals surface area contributed by atoms with E-state index in [0.29, 0.717) is 0 Å². The lowest BCUT2D eigenvalue weighted by molar-refractivity contribution is 1.16. The van der Waals surface area contributed by atoms with Gasteiger partial charge in [-0.05, 0) is 50.1 Å². The number of pyridine rings is 1. The van der Waals surface area contributed by atoms with Crippen LogP contribution in [0.15, 0.2) is 48.5 Å². The monoisotopic (exact) mass is 261 g/mol. The fourth-order valence-corrected chi connectivity index (χ4v) is 2.81. The van der Waals surface area contributed by atoms with Gasteiger partial charge in [0, 0.05) is 10.9 Å². The largest absolute Gasteiger partial charge is 0.248 e. The molecular formula is C19H19N. The molecule has 100 valence electrons. The maximum Gasteiger partial charge on any atom is 0.0712 e. The highest BCUT2D eigenvalue weighted by Gasteiger charge is 2.05. The summed E-state index contributed by atoms with van der Waals surface area (Å²) in [5.41, 5.74) is 7.26. The van der Waals surface area contributed by atoms with Crippen LogP contribution in [0.2, 0.25) is 0 Å². The van der Waals surface area contributed by atoms with Gasteiger partial charge in [-0.2, -0.15) is 0 Å². The van der Waals surface area contributed by atoms with E-state index in [1.807, 2.05) is 0 Å². The molecule has 0 saturated carbocycles. The van der Waals surface area contributed by atoms with Crippen molar-refractivity contribution in [3.8, 4) is 11.3 Å². The van der Waals surface area contributed by atoms with Gasteiger partial charge in [0.15, 0.2) is 0 Å². The second-order valence-electron chi connectivity index (χ2n) is 5.41. The predicted molar refractivity (Wildman–Crippen MR) is 86.0 cm³/mol. The van der Waals surface area contributed by atoms with Crippen LogP contribution in [0, 0.1) is 13.8 Å². The van der Waals surface area contributed by atoms with Crippen LogP contribution in [-0.2, 0) is 6.42 Å². The molecule has 0 fully saturated rings. The lowest BCUT2D eigenvalue weighted by atomic mass is 10.0. The molecule has 1 heteroatoms. The zero-order valence-corrected chi connectivity index (χ0v) is 12.3. The molecule has 3 aromatic rings. The van der Waals surface area contributed by atoms with Gasteiger partial charge in [0.05, 0.1) is 11.2 Å². The molecule has 0 saturated heterocycles. The first-order valence-corrected chi connectivity index (χ1v) is 7.14. The smallest absolute Gasteiger partial charge is 0.0712 e. The molecule has 0 bridgehead atoms. The molecule has 0 atom stereocenters. The Labute approximate surface area is 120 Å². The van der Waals surface area contributed by atoms with Crippen LogP contribution in [0.4, 0.5) is 0 Å². The molecule has 0 aliphatic carbocycles. The number of benzene rings is 2. The molecule has 0 aliphatic rings. The number of hydrogen-bond acceptors (Lipinski definition) is 1. The van der Waals surface area contributed by atoms with E-state index in [1.54, 1.807) is 0 Å². The first kappa shape index (κ1) is 12.9. The predicted octanol–water partition coefficient (Wildman–Crippen LogP) is 5.08. The molecule has 3 rings (SSSR count). The fourth-order valence-electron chi connectivity index (χ4n) is 2.81. The summed E-state index contributed by atoms with van der Waals surface area (Å²) in [5.74, 6) is 0. The highest BCUT2D eigenvalue weighted by Crippen LogP contribution is 2.25. The number of rotatable bonds is 2. The molecule has 1 aromatic heterocycles. The molecule has 0 unspecified atom stereocenters. The summed E-state index contributed by atoms with van der Waals surface area (Å²) >= 11 is 0. The second-order valence-corrected chi connectivity index (χ2v) is 5.41. The average Bonchev–Trinajstić information content (AvgIpc) is 2.45. The standard InChI is InChI=1S/C19H19N/c1-4-15-6-5-7-19-17(15)8-9-18(20-19)16-11-13(2)10-14(3)12-16/h5-12H,4H2,1-3H3. The molecule has 20 heavy (non-hydrogen) atoms. The Morgan fingerprint density at radius 2 is 1.65 bits per heavy atom. The van der Waals surface area contributed by atoms with Gasteiger partial charge in [-0.15, -0.1) is 0 Å². The highest BCUT2D eigenvalue weighted by molar-refractivity contribution is 5.84. The van der Waals surface area contributed by atoms with Crippen molar-refractivity contribution in [3.63, 3.8) is 0 Å². The summed E-state index contributed by atoms with van der Waals surface area (Å²) in [6.45, 7) is 6.45. The average molecular weight is 261 g/mol. The first-order valence-electron chi connectivity index (χ1n) is 7.14. The zero-order chi connectivity index (χ0) is 14.1. The third-order valence-corrected chi connectivity index (χ3v) is 3.72. The van der Waals surface area contributed by atoms with Crippen molar-refractivity contribution in [3.05, 3.63) is 65.2 Å². The quantitative estimate of drug-likeness (QED) is 0.626. The number of hydrogen-bond donors (Lipinski definition) is 0. The third-order valence-electron chi connectivity index (χ3n) is 3.72. The molecule has 0 N–H and O–H groups in total. The Balaban J connectivity index is 2.18. The van der Waals surface area contributed by atoms with E-state index >= 15 is 0 Å². The fraction of sp³-hybridized carbons (Fsp3) is 0.211. The maximum atomic E-state index is 4.84. The van der Waals surface area contributed by atoms with E-state index in [1.165, 1.54) is 27.6 Å². The lowest BCUT2D eigenvalue weighted by Crippen LogP contribution is -1.90. The summed E-state index contributed by atoms with van der Waals surface area (Å²) < 4.78 is 0. The number of aryl methyl sites for hydroxylation is 3. The summed E-state index contributed by atoms with van der Waals surface area (Å²) in [6.07, 6.45) is 1.04. The van der Waals surface area contributed by atoms with Gasteiger partial charge >= 0.3 is 0 Å². The molecule has 0 aliphatic heterocycles. The molecule has 0 amide bonds. The normalized spacial score (nSPS) is 10.9. The van der Waals surface area contributed by atoms with Gasteiger partial charge in [-0.25, -0.2) is 4.98 Å². The number of nitrogens with zero attached hydrogens (tertiary/aromatic N) is 1. The summed E-state index contributed by atoms with van der Waals surface area (Å²) in [7, 11) is 0. The third kappa shape index (κ3) is 2.32. The molecule has 0 spiro atoms. The topological polar surface area (TPSA) is 12.9 Å². The van der Waals surface area contributed by atoms with Crippen molar-refractivity contribution >= 4 is 10.9 Å². The second kappa shape index (κ2) is 5.09.